The molecule has 2 heterocycles. The number of methoxy groups -OCH3 is 1. The first-order chi connectivity index (χ1) is 18.8. The number of alkyl halides is 5. The Morgan fingerprint density at radius 2 is 1.77 bits per heavy atom. The zero-order valence-electron chi connectivity index (χ0n) is 21.0. The molecule has 1 N–H and O–H groups in total. The second kappa shape index (κ2) is 11.5. The van der Waals surface area contributed by atoms with Crippen LogP contribution in [0.15, 0.2) is 53.8 Å². The van der Waals surface area contributed by atoms with E-state index in [4.69, 9.17) is 14.2 Å². The number of hydrogen-bond donors (Lipinski definition) is 1. The van der Waals surface area contributed by atoms with Gasteiger partial charge in [-0.3, -0.25) is 4.98 Å². The molecule has 0 aliphatic rings. The molecule has 0 unspecified atom stereocenters. The lowest BCUT2D eigenvalue weighted by Crippen LogP contribution is -2.20. The van der Waals surface area contributed by atoms with E-state index < -0.39 is 35.0 Å². The van der Waals surface area contributed by atoms with Crippen molar-refractivity contribution in [3.05, 3.63) is 65.5 Å². The number of sulfone groups is 1. The van der Waals surface area contributed by atoms with Gasteiger partial charge in [-0.25, -0.2) is 13.4 Å². The number of imidazole rings is 1. The number of H-pyrrole nitrogens is 1. The van der Waals surface area contributed by atoms with Crippen molar-refractivity contribution in [1.82, 2.24) is 15.0 Å². The fraction of sp³-hybridized carbons (Fsp3) is 0.280. The number of nitrogens with one attached hydrogen (secondary N) is 1. The number of rotatable bonds is 11. The topological polar surface area (TPSA) is 113 Å². The lowest BCUT2D eigenvalue weighted by atomic mass is 10.2. The first-order valence-corrected chi connectivity index (χ1v) is 13.1. The molecule has 0 atom stereocenters. The van der Waals surface area contributed by atoms with Gasteiger partial charge in [0.1, 0.15) is 18.1 Å². The van der Waals surface area contributed by atoms with Crippen LogP contribution in [0.4, 0.5) is 22.0 Å². The quantitative estimate of drug-likeness (QED) is 0.233. The molecule has 0 aliphatic carbocycles. The largest absolute Gasteiger partial charge is 0.493 e. The summed E-state index contributed by atoms with van der Waals surface area (Å²) in [5.41, 5.74) is 1.49. The van der Waals surface area contributed by atoms with Crippen LogP contribution in [0.5, 0.6) is 23.0 Å². The van der Waals surface area contributed by atoms with E-state index in [2.05, 4.69) is 19.7 Å². The summed E-state index contributed by atoms with van der Waals surface area (Å²) in [6, 6.07) is 9.57. The Bertz CT molecular complexity index is 1610. The molecule has 0 aliphatic heterocycles. The van der Waals surface area contributed by atoms with E-state index in [9.17, 15) is 30.4 Å². The predicted molar refractivity (Wildman–Crippen MR) is 131 cm³/mol. The number of aromatic nitrogens is 3. The van der Waals surface area contributed by atoms with Crippen molar-refractivity contribution in [2.24, 2.45) is 0 Å². The highest BCUT2D eigenvalue weighted by atomic mass is 32.2. The highest BCUT2D eigenvalue weighted by Gasteiger charge is 2.29. The van der Waals surface area contributed by atoms with Crippen molar-refractivity contribution in [2.75, 3.05) is 13.7 Å². The summed E-state index contributed by atoms with van der Waals surface area (Å²) in [5.74, 6) is -0.165. The van der Waals surface area contributed by atoms with E-state index in [-0.39, 0.29) is 45.8 Å². The van der Waals surface area contributed by atoms with Crippen LogP contribution in [0.25, 0.3) is 11.0 Å². The maximum Gasteiger partial charge on any atom is 0.422 e. The SMILES string of the molecule is COc1cc(CS(=O)(=O)c2nc3ccc(OC(F)F)cc3[nH]2)ccc1OCc1nccc(OCC(F)(F)F)c1C. The number of ether oxygens (including phenoxy) is 4. The monoisotopic (exact) mass is 587 g/mol. The Kier molecular flexibility index (Phi) is 8.32. The van der Waals surface area contributed by atoms with Crippen molar-refractivity contribution in [3.63, 3.8) is 0 Å². The van der Waals surface area contributed by atoms with Gasteiger partial charge in [-0.15, -0.1) is 0 Å². The fourth-order valence-corrected chi connectivity index (χ4v) is 4.92. The fourth-order valence-electron chi connectivity index (χ4n) is 3.66. The predicted octanol–water partition coefficient (Wildman–Crippen LogP) is 5.37. The van der Waals surface area contributed by atoms with Crippen molar-refractivity contribution in [2.45, 2.75) is 37.2 Å². The first kappa shape index (κ1) is 28.9. The molecule has 0 fully saturated rings. The van der Waals surface area contributed by atoms with Gasteiger partial charge in [0.2, 0.25) is 15.0 Å². The second-order valence-corrected chi connectivity index (χ2v) is 10.3. The number of halogens is 5. The van der Waals surface area contributed by atoms with E-state index in [0.717, 1.165) is 0 Å². The zero-order valence-corrected chi connectivity index (χ0v) is 21.8. The third kappa shape index (κ3) is 7.08. The minimum atomic E-state index is -4.49. The average Bonchev–Trinajstić information content (AvgIpc) is 3.31. The molecule has 2 aromatic carbocycles. The van der Waals surface area contributed by atoms with Gasteiger partial charge in [-0.05, 0) is 42.8 Å². The summed E-state index contributed by atoms with van der Waals surface area (Å²) in [6.07, 6.45) is -3.19. The van der Waals surface area contributed by atoms with Gasteiger partial charge in [0.05, 0.1) is 29.6 Å². The van der Waals surface area contributed by atoms with E-state index in [1.807, 2.05) is 0 Å². The molecule has 4 rings (SSSR count). The summed E-state index contributed by atoms with van der Waals surface area (Å²) in [7, 11) is -2.63. The Morgan fingerprint density at radius 1 is 1.00 bits per heavy atom. The van der Waals surface area contributed by atoms with Crippen LogP contribution < -0.4 is 18.9 Å². The molecule has 2 aromatic heterocycles. The Labute approximate surface area is 224 Å². The molecule has 0 spiro atoms. The van der Waals surface area contributed by atoms with Gasteiger partial charge >= 0.3 is 12.8 Å². The molecule has 15 heteroatoms. The molecular weight excluding hydrogens is 565 g/mol. The third-order valence-corrected chi connectivity index (χ3v) is 7.05. The van der Waals surface area contributed by atoms with Crippen LogP contribution in [-0.2, 0) is 22.2 Å². The number of pyridine rings is 1. The molecule has 0 saturated heterocycles. The molecule has 0 saturated carbocycles. The summed E-state index contributed by atoms with van der Waals surface area (Å²) in [5, 5.41) is -0.356. The molecule has 0 amide bonds. The van der Waals surface area contributed by atoms with Crippen LogP contribution in [0.1, 0.15) is 16.8 Å². The Hall–Kier alpha value is -4.14. The maximum absolute atomic E-state index is 13.0. The summed E-state index contributed by atoms with van der Waals surface area (Å²) in [6.45, 7) is -3.06. The molecule has 0 radical (unpaired) electrons. The lowest BCUT2D eigenvalue weighted by molar-refractivity contribution is -0.153. The van der Waals surface area contributed by atoms with Crippen molar-refractivity contribution in [3.8, 4) is 23.0 Å². The van der Waals surface area contributed by atoms with Crippen LogP contribution in [0.3, 0.4) is 0 Å². The number of aromatic amines is 1. The Morgan fingerprint density at radius 3 is 2.48 bits per heavy atom. The number of hydrogen-bond acceptors (Lipinski definition) is 8. The van der Waals surface area contributed by atoms with Gasteiger partial charge < -0.3 is 23.9 Å². The summed E-state index contributed by atoms with van der Waals surface area (Å²) >= 11 is 0. The van der Waals surface area contributed by atoms with E-state index in [1.54, 1.807) is 6.92 Å². The average molecular weight is 588 g/mol. The molecular formula is C25H22F5N3O6S. The minimum absolute atomic E-state index is 0.0156. The summed E-state index contributed by atoms with van der Waals surface area (Å²) < 4.78 is 109. The number of fused-ring (bicyclic) bond motifs is 1. The maximum atomic E-state index is 13.0. The number of nitrogens with zero attached hydrogens (tertiary/aromatic N) is 2. The van der Waals surface area contributed by atoms with E-state index >= 15 is 0 Å². The summed E-state index contributed by atoms with van der Waals surface area (Å²) in [4.78, 5) is 10.8. The first-order valence-electron chi connectivity index (χ1n) is 11.5. The van der Waals surface area contributed by atoms with Crippen molar-refractivity contribution < 1.29 is 49.3 Å². The van der Waals surface area contributed by atoms with Gasteiger partial charge in [-0.2, -0.15) is 22.0 Å². The lowest BCUT2D eigenvalue weighted by Gasteiger charge is -2.15. The highest BCUT2D eigenvalue weighted by molar-refractivity contribution is 7.90. The van der Waals surface area contributed by atoms with E-state index in [1.165, 1.54) is 55.8 Å². The second-order valence-electron chi connectivity index (χ2n) is 8.42. The van der Waals surface area contributed by atoms with Gasteiger partial charge in [0.15, 0.2) is 18.1 Å². The molecule has 9 nitrogen and oxygen atoms in total. The highest BCUT2D eigenvalue weighted by Crippen LogP contribution is 2.31. The molecule has 4 aromatic rings. The zero-order chi connectivity index (χ0) is 29.1. The smallest absolute Gasteiger partial charge is 0.422 e. The van der Waals surface area contributed by atoms with Crippen LogP contribution in [-0.4, -0.2) is 49.9 Å². The van der Waals surface area contributed by atoms with Crippen LogP contribution in [0, 0.1) is 6.92 Å². The van der Waals surface area contributed by atoms with Gasteiger partial charge in [-0.1, -0.05) is 6.07 Å². The van der Waals surface area contributed by atoms with Crippen LogP contribution >= 0.6 is 0 Å². The van der Waals surface area contributed by atoms with Crippen LogP contribution in [0.2, 0.25) is 0 Å². The molecule has 214 valence electrons. The normalized spacial score (nSPS) is 12.1. The third-order valence-electron chi connectivity index (χ3n) is 5.55. The van der Waals surface area contributed by atoms with E-state index in [0.29, 0.717) is 16.8 Å². The van der Waals surface area contributed by atoms with Crippen molar-refractivity contribution in [1.29, 1.82) is 0 Å². The Balaban J connectivity index is 1.47. The molecule has 0 bridgehead atoms. The minimum Gasteiger partial charge on any atom is -0.493 e. The molecule has 40 heavy (non-hydrogen) atoms. The standard InChI is InChI=1S/C25H22F5N3O6S/c1-14-19(31-8-7-20(14)38-13-25(28,29)30)11-37-21-6-3-15(9-22(21)36-2)12-40(34,35)24-32-17-5-4-16(39-23(26)27)10-18(17)33-24/h3-10,23H,11-13H2,1-2H3,(H,32,33). The van der Waals surface area contributed by atoms with Gasteiger partial charge in [0.25, 0.3) is 0 Å². The number of benzene rings is 2. The van der Waals surface area contributed by atoms with Gasteiger partial charge in [0, 0.05) is 17.8 Å². The van der Waals surface area contributed by atoms with Crippen molar-refractivity contribution >= 4 is 20.9 Å².